The molecule has 0 aliphatic carbocycles. The molecule has 1 saturated heterocycles. The van der Waals surface area contributed by atoms with E-state index in [4.69, 9.17) is 9.84 Å². The minimum absolute atomic E-state index is 0.295. The van der Waals surface area contributed by atoms with Gasteiger partial charge >= 0.3 is 0 Å². The number of aryl methyl sites for hydroxylation is 1. The van der Waals surface area contributed by atoms with Crippen molar-refractivity contribution >= 4 is 0 Å². The molecule has 4 rings (SSSR count). The molecule has 0 bridgehead atoms. The first-order valence-electron chi connectivity index (χ1n) is 8.97. The Labute approximate surface area is 148 Å². The van der Waals surface area contributed by atoms with Crippen molar-refractivity contribution in [1.82, 2.24) is 14.8 Å². The first-order valence-corrected chi connectivity index (χ1v) is 8.97. The fourth-order valence-electron chi connectivity index (χ4n) is 3.39. The second-order valence-corrected chi connectivity index (χ2v) is 6.66. The van der Waals surface area contributed by atoms with Crippen molar-refractivity contribution in [3.63, 3.8) is 0 Å². The molecule has 4 heteroatoms. The van der Waals surface area contributed by atoms with Gasteiger partial charge < -0.3 is 4.74 Å². The Morgan fingerprint density at radius 2 is 2.04 bits per heavy atom. The lowest BCUT2D eigenvalue weighted by atomic mass is 10.0. The highest BCUT2D eigenvalue weighted by atomic mass is 16.5. The van der Waals surface area contributed by atoms with E-state index in [1.807, 2.05) is 23.1 Å². The summed E-state index contributed by atoms with van der Waals surface area (Å²) in [6, 6.07) is 14.6. The molecule has 3 aromatic rings. The predicted molar refractivity (Wildman–Crippen MR) is 99.2 cm³/mol. The van der Waals surface area contributed by atoms with Gasteiger partial charge in [-0.3, -0.25) is 9.67 Å². The number of ether oxygens (including phenoxy) is 1. The van der Waals surface area contributed by atoms with Gasteiger partial charge in [0.2, 0.25) is 0 Å². The number of nitrogens with zero attached hydrogens (tertiary/aromatic N) is 3. The summed E-state index contributed by atoms with van der Waals surface area (Å²) in [6.45, 7) is 3.80. The largest absolute Gasteiger partial charge is 0.376 e. The van der Waals surface area contributed by atoms with Crippen LogP contribution < -0.4 is 0 Å². The summed E-state index contributed by atoms with van der Waals surface area (Å²) in [5.41, 5.74) is 5.44. The van der Waals surface area contributed by atoms with E-state index in [2.05, 4.69) is 48.3 Å². The molecule has 1 aromatic carbocycles. The van der Waals surface area contributed by atoms with E-state index in [1.165, 1.54) is 18.4 Å². The van der Waals surface area contributed by atoms with Gasteiger partial charge in [0.05, 0.1) is 24.0 Å². The fourth-order valence-corrected chi connectivity index (χ4v) is 3.39. The summed E-state index contributed by atoms with van der Waals surface area (Å²) in [5, 5.41) is 4.75. The SMILES string of the molecule is Cc1cccnc1-c1cccc(-c2ccn(C[C@H]3CCCCO3)n2)c1. The van der Waals surface area contributed by atoms with Gasteiger partial charge in [-0.2, -0.15) is 5.10 Å². The van der Waals surface area contributed by atoms with Crippen molar-refractivity contribution in [1.29, 1.82) is 0 Å². The van der Waals surface area contributed by atoms with E-state index in [0.717, 1.165) is 42.1 Å². The van der Waals surface area contributed by atoms with Crippen LogP contribution in [0.2, 0.25) is 0 Å². The van der Waals surface area contributed by atoms with E-state index >= 15 is 0 Å². The maximum atomic E-state index is 5.82. The van der Waals surface area contributed by atoms with Crippen molar-refractivity contribution < 1.29 is 4.74 Å². The van der Waals surface area contributed by atoms with Crippen LogP contribution in [0.1, 0.15) is 24.8 Å². The molecule has 3 heterocycles. The minimum Gasteiger partial charge on any atom is -0.376 e. The van der Waals surface area contributed by atoms with Crippen molar-refractivity contribution in [2.45, 2.75) is 38.8 Å². The molecule has 128 valence electrons. The average Bonchev–Trinajstić information content (AvgIpc) is 3.12. The lowest BCUT2D eigenvalue weighted by Crippen LogP contribution is -2.24. The molecule has 0 saturated carbocycles. The van der Waals surface area contributed by atoms with Gasteiger partial charge in [-0.25, -0.2) is 0 Å². The van der Waals surface area contributed by atoms with Crippen molar-refractivity contribution in [3.8, 4) is 22.5 Å². The van der Waals surface area contributed by atoms with Crippen LogP contribution in [0.15, 0.2) is 54.9 Å². The molecular weight excluding hydrogens is 310 g/mol. The summed E-state index contributed by atoms with van der Waals surface area (Å²) in [4.78, 5) is 4.52. The fraction of sp³-hybridized carbons (Fsp3) is 0.333. The van der Waals surface area contributed by atoms with Crippen LogP contribution in [0.3, 0.4) is 0 Å². The van der Waals surface area contributed by atoms with Gasteiger partial charge in [-0.1, -0.05) is 24.3 Å². The molecule has 2 aromatic heterocycles. The molecule has 0 unspecified atom stereocenters. The zero-order valence-electron chi connectivity index (χ0n) is 14.6. The smallest absolute Gasteiger partial charge is 0.0923 e. The normalized spacial score (nSPS) is 17.6. The maximum Gasteiger partial charge on any atom is 0.0923 e. The van der Waals surface area contributed by atoms with Crippen molar-refractivity contribution in [2.75, 3.05) is 6.61 Å². The molecule has 0 amide bonds. The number of benzene rings is 1. The molecule has 4 nitrogen and oxygen atoms in total. The van der Waals surface area contributed by atoms with Crippen LogP contribution in [-0.2, 0) is 11.3 Å². The third kappa shape index (κ3) is 3.64. The van der Waals surface area contributed by atoms with Crippen LogP contribution >= 0.6 is 0 Å². The Morgan fingerprint density at radius 1 is 1.12 bits per heavy atom. The Kier molecular flexibility index (Phi) is 4.61. The molecule has 1 atom stereocenters. The van der Waals surface area contributed by atoms with Crippen LogP contribution in [-0.4, -0.2) is 27.5 Å². The molecule has 0 radical (unpaired) electrons. The van der Waals surface area contributed by atoms with Gasteiger partial charge in [-0.15, -0.1) is 0 Å². The number of pyridine rings is 1. The lowest BCUT2D eigenvalue weighted by Gasteiger charge is -2.22. The second-order valence-electron chi connectivity index (χ2n) is 6.66. The van der Waals surface area contributed by atoms with E-state index in [9.17, 15) is 0 Å². The molecule has 1 aliphatic rings. The van der Waals surface area contributed by atoms with Crippen LogP contribution in [0, 0.1) is 6.92 Å². The standard InChI is InChI=1S/C21H23N3O/c1-16-6-5-11-22-21(16)18-8-4-7-17(14-18)20-10-12-24(23-20)15-19-9-2-3-13-25-19/h4-8,10-12,14,19H,2-3,9,13,15H2,1H3/t19-/m1/s1. The number of hydrogen-bond donors (Lipinski definition) is 0. The monoisotopic (exact) mass is 333 g/mol. The first kappa shape index (κ1) is 16.0. The second kappa shape index (κ2) is 7.19. The maximum absolute atomic E-state index is 5.82. The predicted octanol–water partition coefficient (Wildman–Crippen LogP) is 4.49. The third-order valence-corrected chi connectivity index (χ3v) is 4.75. The highest BCUT2D eigenvalue weighted by molar-refractivity contribution is 5.70. The van der Waals surface area contributed by atoms with Crippen LogP contribution in [0.5, 0.6) is 0 Å². The van der Waals surface area contributed by atoms with Gasteiger partial charge in [0.1, 0.15) is 0 Å². The first-order chi connectivity index (χ1) is 12.3. The summed E-state index contributed by atoms with van der Waals surface area (Å²) < 4.78 is 7.82. The Hall–Kier alpha value is -2.46. The lowest BCUT2D eigenvalue weighted by molar-refractivity contribution is 0.00403. The molecular formula is C21H23N3O. The average molecular weight is 333 g/mol. The highest BCUT2D eigenvalue weighted by Gasteiger charge is 2.15. The van der Waals surface area contributed by atoms with Crippen molar-refractivity contribution in [3.05, 3.63) is 60.4 Å². The third-order valence-electron chi connectivity index (χ3n) is 4.75. The quantitative estimate of drug-likeness (QED) is 0.706. The topological polar surface area (TPSA) is 39.9 Å². The molecule has 1 fully saturated rings. The molecule has 1 aliphatic heterocycles. The van der Waals surface area contributed by atoms with Gasteiger partial charge in [-0.05, 0) is 49.9 Å². The van der Waals surface area contributed by atoms with Gasteiger partial charge in [0.15, 0.2) is 0 Å². The Balaban J connectivity index is 1.56. The zero-order valence-corrected chi connectivity index (χ0v) is 14.6. The summed E-state index contributed by atoms with van der Waals surface area (Å²) in [6.07, 6.45) is 7.75. The Bertz CT molecular complexity index is 850. The van der Waals surface area contributed by atoms with E-state index < -0.39 is 0 Å². The zero-order chi connectivity index (χ0) is 17.1. The van der Waals surface area contributed by atoms with E-state index in [0.29, 0.717) is 6.10 Å². The number of aromatic nitrogens is 3. The summed E-state index contributed by atoms with van der Waals surface area (Å²) >= 11 is 0. The van der Waals surface area contributed by atoms with Crippen LogP contribution in [0.4, 0.5) is 0 Å². The molecule has 0 N–H and O–H groups in total. The summed E-state index contributed by atoms with van der Waals surface area (Å²) in [7, 11) is 0. The number of hydrogen-bond acceptors (Lipinski definition) is 3. The highest BCUT2D eigenvalue weighted by Crippen LogP contribution is 2.26. The van der Waals surface area contributed by atoms with Gasteiger partial charge in [0, 0.05) is 30.1 Å². The van der Waals surface area contributed by atoms with E-state index in [-0.39, 0.29) is 0 Å². The molecule has 0 spiro atoms. The van der Waals surface area contributed by atoms with E-state index in [1.54, 1.807) is 0 Å². The van der Waals surface area contributed by atoms with Crippen LogP contribution in [0.25, 0.3) is 22.5 Å². The summed E-state index contributed by atoms with van der Waals surface area (Å²) in [5.74, 6) is 0. The number of rotatable bonds is 4. The Morgan fingerprint density at radius 3 is 2.88 bits per heavy atom. The molecule has 25 heavy (non-hydrogen) atoms. The van der Waals surface area contributed by atoms with Crippen molar-refractivity contribution in [2.24, 2.45) is 0 Å². The van der Waals surface area contributed by atoms with Gasteiger partial charge in [0.25, 0.3) is 0 Å². The minimum atomic E-state index is 0.295.